The van der Waals surface area contributed by atoms with Crippen LogP contribution in [0.5, 0.6) is 0 Å². The highest BCUT2D eigenvalue weighted by molar-refractivity contribution is 5.49. The highest BCUT2D eigenvalue weighted by atomic mass is 15.2. The fourth-order valence-corrected chi connectivity index (χ4v) is 3.01. The van der Waals surface area contributed by atoms with Gasteiger partial charge in [-0.2, -0.15) is 0 Å². The first-order valence-corrected chi connectivity index (χ1v) is 7.87. The molecule has 2 heteroatoms. The molecule has 2 unspecified atom stereocenters. The van der Waals surface area contributed by atoms with Gasteiger partial charge in [-0.05, 0) is 37.0 Å². The lowest BCUT2D eigenvalue weighted by molar-refractivity contribution is 0.369. The molecule has 19 heavy (non-hydrogen) atoms. The Morgan fingerprint density at radius 2 is 1.89 bits per heavy atom. The SMILES string of the molecule is CCCC1CN(c2ccc(CC)cc2)C(CC)CN1. The molecule has 0 aliphatic carbocycles. The normalized spacial score (nSPS) is 23.6. The molecule has 1 aliphatic rings. The van der Waals surface area contributed by atoms with E-state index in [1.54, 1.807) is 0 Å². The van der Waals surface area contributed by atoms with E-state index in [1.807, 2.05) is 0 Å². The van der Waals surface area contributed by atoms with Gasteiger partial charge in [0, 0.05) is 30.9 Å². The van der Waals surface area contributed by atoms with Crippen molar-refractivity contribution in [3.63, 3.8) is 0 Å². The van der Waals surface area contributed by atoms with Gasteiger partial charge in [0.15, 0.2) is 0 Å². The highest BCUT2D eigenvalue weighted by Crippen LogP contribution is 2.23. The number of hydrogen-bond acceptors (Lipinski definition) is 2. The lowest BCUT2D eigenvalue weighted by Gasteiger charge is -2.42. The molecule has 0 spiro atoms. The number of anilines is 1. The topological polar surface area (TPSA) is 15.3 Å². The molecule has 1 aromatic carbocycles. The van der Waals surface area contributed by atoms with Gasteiger partial charge >= 0.3 is 0 Å². The minimum absolute atomic E-state index is 0.639. The third-order valence-electron chi connectivity index (χ3n) is 4.28. The van der Waals surface area contributed by atoms with Gasteiger partial charge in [-0.15, -0.1) is 0 Å². The fraction of sp³-hybridized carbons (Fsp3) is 0.647. The number of hydrogen-bond donors (Lipinski definition) is 1. The van der Waals surface area contributed by atoms with Crippen LogP contribution in [0, 0.1) is 0 Å². The lowest BCUT2D eigenvalue weighted by atomic mass is 10.0. The third-order valence-corrected chi connectivity index (χ3v) is 4.28. The number of nitrogens with zero attached hydrogens (tertiary/aromatic N) is 1. The maximum absolute atomic E-state index is 3.70. The van der Waals surface area contributed by atoms with Crippen molar-refractivity contribution in [1.82, 2.24) is 5.32 Å². The van der Waals surface area contributed by atoms with Gasteiger partial charge in [0.2, 0.25) is 0 Å². The maximum Gasteiger partial charge on any atom is 0.0412 e. The molecule has 1 fully saturated rings. The molecule has 2 atom stereocenters. The summed E-state index contributed by atoms with van der Waals surface area (Å²) in [7, 11) is 0. The molecule has 1 N–H and O–H groups in total. The zero-order valence-electron chi connectivity index (χ0n) is 12.7. The molecule has 1 saturated heterocycles. The van der Waals surface area contributed by atoms with Crippen molar-refractivity contribution in [2.75, 3.05) is 18.0 Å². The highest BCUT2D eigenvalue weighted by Gasteiger charge is 2.26. The summed E-state index contributed by atoms with van der Waals surface area (Å²) in [5.41, 5.74) is 2.82. The fourth-order valence-electron chi connectivity index (χ4n) is 3.01. The molecule has 0 aromatic heterocycles. The number of rotatable bonds is 5. The van der Waals surface area contributed by atoms with Gasteiger partial charge in [0.05, 0.1) is 0 Å². The summed E-state index contributed by atoms with van der Waals surface area (Å²) in [6, 6.07) is 10.4. The molecule has 1 aromatic rings. The third kappa shape index (κ3) is 3.50. The predicted molar refractivity (Wildman–Crippen MR) is 83.9 cm³/mol. The molecule has 1 aliphatic heterocycles. The van der Waals surface area contributed by atoms with E-state index in [9.17, 15) is 0 Å². The van der Waals surface area contributed by atoms with Crippen LogP contribution in [0.3, 0.4) is 0 Å². The van der Waals surface area contributed by atoms with Crippen LogP contribution in [-0.2, 0) is 6.42 Å². The van der Waals surface area contributed by atoms with Gasteiger partial charge in [0.25, 0.3) is 0 Å². The lowest BCUT2D eigenvalue weighted by Crippen LogP contribution is -2.56. The van der Waals surface area contributed by atoms with Crippen LogP contribution in [-0.4, -0.2) is 25.2 Å². The summed E-state index contributed by atoms with van der Waals surface area (Å²) in [5, 5.41) is 3.70. The van der Waals surface area contributed by atoms with Crippen LogP contribution in [0.15, 0.2) is 24.3 Å². The van der Waals surface area contributed by atoms with Crippen molar-refractivity contribution in [2.24, 2.45) is 0 Å². The first kappa shape index (κ1) is 14.4. The van der Waals surface area contributed by atoms with E-state index in [-0.39, 0.29) is 0 Å². The van der Waals surface area contributed by atoms with Crippen molar-refractivity contribution in [1.29, 1.82) is 0 Å². The molecule has 106 valence electrons. The number of piperazine rings is 1. The van der Waals surface area contributed by atoms with Gasteiger partial charge in [-0.3, -0.25) is 0 Å². The van der Waals surface area contributed by atoms with E-state index < -0.39 is 0 Å². The van der Waals surface area contributed by atoms with Crippen molar-refractivity contribution in [3.8, 4) is 0 Å². The molecular weight excluding hydrogens is 232 g/mol. The molecule has 0 amide bonds. The summed E-state index contributed by atoms with van der Waals surface area (Å²) in [6.07, 6.45) is 4.87. The van der Waals surface area contributed by atoms with Crippen LogP contribution in [0.2, 0.25) is 0 Å². The smallest absolute Gasteiger partial charge is 0.0412 e. The second kappa shape index (κ2) is 6.95. The van der Waals surface area contributed by atoms with Gasteiger partial charge < -0.3 is 10.2 Å². The zero-order chi connectivity index (χ0) is 13.7. The Morgan fingerprint density at radius 1 is 1.16 bits per heavy atom. The Balaban J connectivity index is 2.12. The average molecular weight is 260 g/mol. The molecule has 0 bridgehead atoms. The summed E-state index contributed by atoms with van der Waals surface area (Å²) < 4.78 is 0. The largest absolute Gasteiger partial charge is 0.366 e. The van der Waals surface area contributed by atoms with Crippen LogP contribution < -0.4 is 10.2 Å². The van der Waals surface area contributed by atoms with Crippen molar-refractivity contribution in [3.05, 3.63) is 29.8 Å². The molecule has 1 heterocycles. The van der Waals surface area contributed by atoms with Crippen LogP contribution in [0.4, 0.5) is 5.69 Å². The number of nitrogens with one attached hydrogen (secondary N) is 1. The Bertz CT molecular complexity index is 371. The van der Waals surface area contributed by atoms with Crippen molar-refractivity contribution >= 4 is 5.69 Å². The van der Waals surface area contributed by atoms with E-state index in [2.05, 4.69) is 55.3 Å². The Morgan fingerprint density at radius 3 is 2.47 bits per heavy atom. The van der Waals surface area contributed by atoms with E-state index in [0.717, 1.165) is 19.5 Å². The van der Waals surface area contributed by atoms with Gasteiger partial charge in [-0.1, -0.05) is 39.3 Å². The van der Waals surface area contributed by atoms with E-state index in [4.69, 9.17) is 0 Å². The Kier molecular flexibility index (Phi) is 5.26. The Hall–Kier alpha value is -1.02. The molecule has 2 rings (SSSR count). The van der Waals surface area contributed by atoms with E-state index in [1.165, 1.54) is 30.5 Å². The number of aryl methyl sites for hydroxylation is 1. The van der Waals surface area contributed by atoms with Crippen molar-refractivity contribution < 1.29 is 0 Å². The second-order valence-corrected chi connectivity index (χ2v) is 5.63. The predicted octanol–water partition coefficient (Wildman–Crippen LogP) is 3.61. The van der Waals surface area contributed by atoms with Gasteiger partial charge in [0.1, 0.15) is 0 Å². The Labute approximate surface area is 118 Å². The van der Waals surface area contributed by atoms with Crippen LogP contribution in [0.25, 0.3) is 0 Å². The molecule has 2 nitrogen and oxygen atoms in total. The van der Waals surface area contributed by atoms with E-state index >= 15 is 0 Å². The van der Waals surface area contributed by atoms with Crippen molar-refractivity contribution in [2.45, 2.75) is 58.5 Å². The molecule has 0 saturated carbocycles. The first-order valence-electron chi connectivity index (χ1n) is 7.87. The van der Waals surface area contributed by atoms with E-state index in [0.29, 0.717) is 12.1 Å². The quantitative estimate of drug-likeness (QED) is 0.870. The summed E-state index contributed by atoms with van der Waals surface area (Å²) in [6.45, 7) is 9.05. The summed E-state index contributed by atoms with van der Waals surface area (Å²) in [4.78, 5) is 2.61. The van der Waals surface area contributed by atoms with Crippen LogP contribution in [0.1, 0.15) is 45.6 Å². The monoisotopic (exact) mass is 260 g/mol. The maximum atomic E-state index is 3.70. The summed E-state index contributed by atoms with van der Waals surface area (Å²) in [5.74, 6) is 0. The second-order valence-electron chi connectivity index (χ2n) is 5.63. The standard InChI is InChI=1S/C17H28N2/c1-4-7-15-13-19(16(6-3)12-18-15)17-10-8-14(5-2)9-11-17/h8-11,15-16,18H,4-7,12-13H2,1-3H3. The van der Waals surface area contributed by atoms with Crippen LogP contribution >= 0.6 is 0 Å². The first-order chi connectivity index (χ1) is 9.28. The minimum Gasteiger partial charge on any atom is -0.366 e. The molecular formula is C17H28N2. The number of benzene rings is 1. The molecule has 0 radical (unpaired) electrons. The average Bonchev–Trinajstić information content (AvgIpc) is 2.47. The van der Waals surface area contributed by atoms with Gasteiger partial charge in [-0.25, -0.2) is 0 Å². The summed E-state index contributed by atoms with van der Waals surface area (Å²) >= 11 is 0. The zero-order valence-corrected chi connectivity index (χ0v) is 12.7. The minimum atomic E-state index is 0.639.